The predicted molar refractivity (Wildman–Crippen MR) is 59.4 cm³/mol. The van der Waals surface area contributed by atoms with Crippen LogP contribution in [0.2, 0.25) is 0 Å². The van der Waals surface area contributed by atoms with Gasteiger partial charge in [0.05, 0.1) is 19.1 Å². The van der Waals surface area contributed by atoms with Gasteiger partial charge in [-0.1, -0.05) is 30.3 Å². The fourth-order valence-corrected chi connectivity index (χ4v) is 2.17. The van der Waals surface area contributed by atoms with Crippen molar-refractivity contribution in [1.82, 2.24) is 0 Å². The molecule has 0 aromatic heterocycles. The Labute approximate surface area is 95.3 Å². The van der Waals surface area contributed by atoms with E-state index < -0.39 is 5.79 Å². The zero-order chi connectivity index (χ0) is 11.4. The Morgan fingerprint density at radius 2 is 2.19 bits per heavy atom. The van der Waals surface area contributed by atoms with Crippen molar-refractivity contribution in [2.75, 3.05) is 6.61 Å². The average molecular weight is 217 g/mol. The zero-order valence-corrected chi connectivity index (χ0v) is 9.10. The van der Waals surface area contributed by atoms with Gasteiger partial charge < -0.3 is 9.84 Å². The third-order valence-corrected chi connectivity index (χ3v) is 2.92. The molecule has 1 aromatic carbocycles. The van der Waals surface area contributed by atoms with Crippen molar-refractivity contribution in [1.29, 1.82) is 5.26 Å². The van der Waals surface area contributed by atoms with E-state index in [2.05, 4.69) is 12.1 Å². The van der Waals surface area contributed by atoms with Crippen molar-refractivity contribution in [2.24, 2.45) is 5.92 Å². The van der Waals surface area contributed by atoms with Gasteiger partial charge in [0.25, 0.3) is 0 Å². The maximum atomic E-state index is 9.89. The maximum absolute atomic E-state index is 9.89. The summed E-state index contributed by atoms with van der Waals surface area (Å²) in [6.07, 6.45) is 1.50. The fourth-order valence-electron chi connectivity index (χ4n) is 2.17. The summed E-state index contributed by atoms with van der Waals surface area (Å²) in [5.74, 6) is -0.908. The molecule has 1 N–H and O–H groups in total. The molecule has 84 valence electrons. The van der Waals surface area contributed by atoms with Gasteiger partial charge in [-0.15, -0.1) is 0 Å². The Hall–Kier alpha value is -1.37. The summed E-state index contributed by atoms with van der Waals surface area (Å²) in [5, 5.41) is 18.5. The van der Waals surface area contributed by atoms with E-state index in [1.807, 2.05) is 24.3 Å². The van der Waals surface area contributed by atoms with E-state index in [0.717, 1.165) is 6.42 Å². The Morgan fingerprint density at radius 1 is 1.44 bits per heavy atom. The van der Waals surface area contributed by atoms with Crippen LogP contribution in [0.1, 0.15) is 18.4 Å². The molecule has 1 aromatic rings. The molecule has 0 aliphatic carbocycles. The van der Waals surface area contributed by atoms with Gasteiger partial charge in [-0.3, -0.25) is 0 Å². The Bertz CT molecular complexity index is 385. The minimum atomic E-state index is -1.21. The van der Waals surface area contributed by atoms with E-state index in [9.17, 15) is 5.11 Å². The van der Waals surface area contributed by atoms with E-state index in [-0.39, 0.29) is 6.42 Å². The lowest BCUT2D eigenvalue weighted by Crippen LogP contribution is -2.26. The highest BCUT2D eigenvalue weighted by Gasteiger charge is 2.38. The summed E-state index contributed by atoms with van der Waals surface area (Å²) in [7, 11) is 0. The average Bonchev–Trinajstić information content (AvgIpc) is 2.62. The van der Waals surface area contributed by atoms with E-state index in [1.54, 1.807) is 0 Å². The number of nitrogens with zero attached hydrogens (tertiary/aromatic N) is 1. The second kappa shape index (κ2) is 4.65. The van der Waals surface area contributed by atoms with E-state index >= 15 is 0 Å². The predicted octanol–water partition coefficient (Wildman–Crippen LogP) is 1.87. The summed E-state index contributed by atoms with van der Waals surface area (Å²) in [6.45, 7) is 0.535. The van der Waals surface area contributed by atoms with Crippen molar-refractivity contribution in [3.63, 3.8) is 0 Å². The fraction of sp³-hybridized carbons (Fsp3) is 0.462. The lowest BCUT2D eigenvalue weighted by Gasteiger charge is -2.17. The van der Waals surface area contributed by atoms with Crippen molar-refractivity contribution in [2.45, 2.75) is 25.0 Å². The van der Waals surface area contributed by atoms with Crippen LogP contribution in [-0.4, -0.2) is 17.5 Å². The van der Waals surface area contributed by atoms with E-state index in [4.69, 9.17) is 10.00 Å². The van der Waals surface area contributed by atoms with Crippen LogP contribution in [0.4, 0.5) is 0 Å². The van der Waals surface area contributed by atoms with Gasteiger partial charge in [-0.25, -0.2) is 0 Å². The molecule has 2 atom stereocenters. The quantitative estimate of drug-likeness (QED) is 0.840. The van der Waals surface area contributed by atoms with Crippen molar-refractivity contribution < 1.29 is 9.84 Å². The SMILES string of the molecule is N#CC[C@@]1(O)C[C@H](Cc2ccccc2)CO1. The Balaban J connectivity index is 1.93. The second-order valence-corrected chi connectivity index (χ2v) is 4.35. The summed E-state index contributed by atoms with van der Waals surface area (Å²) in [5.41, 5.74) is 1.25. The van der Waals surface area contributed by atoms with E-state index in [0.29, 0.717) is 18.9 Å². The van der Waals surface area contributed by atoms with Gasteiger partial charge in [0, 0.05) is 6.42 Å². The van der Waals surface area contributed by atoms with E-state index in [1.165, 1.54) is 5.56 Å². The molecule has 0 bridgehead atoms. The van der Waals surface area contributed by atoms with Gasteiger partial charge >= 0.3 is 0 Å². The van der Waals surface area contributed by atoms with Crippen LogP contribution in [0.15, 0.2) is 30.3 Å². The number of benzene rings is 1. The summed E-state index contributed by atoms with van der Waals surface area (Å²) >= 11 is 0. The van der Waals surface area contributed by atoms with Crippen molar-refractivity contribution >= 4 is 0 Å². The summed E-state index contributed by atoms with van der Waals surface area (Å²) < 4.78 is 5.30. The minimum Gasteiger partial charge on any atom is -0.365 e. The molecule has 1 heterocycles. The minimum absolute atomic E-state index is 0.0539. The molecule has 16 heavy (non-hydrogen) atoms. The molecule has 0 saturated carbocycles. The number of ether oxygens (including phenoxy) is 1. The first-order valence-corrected chi connectivity index (χ1v) is 5.49. The standard InChI is InChI=1S/C13H15NO2/c14-7-6-13(15)9-12(10-16-13)8-11-4-2-1-3-5-11/h1-5,12,15H,6,8-10H2/t12-,13-/m0/s1. The van der Waals surface area contributed by atoms with Crippen LogP contribution >= 0.6 is 0 Å². The van der Waals surface area contributed by atoms with Crippen LogP contribution in [-0.2, 0) is 11.2 Å². The molecule has 0 spiro atoms. The monoisotopic (exact) mass is 217 g/mol. The molecular weight excluding hydrogens is 202 g/mol. The van der Waals surface area contributed by atoms with Crippen molar-refractivity contribution in [3.05, 3.63) is 35.9 Å². The molecule has 0 radical (unpaired) electrons. The van der Waals surface area contributed by atoms with Crippen molar-refractivity contribution in [3.8, 4) is 6.07 Å². The molecule has 1 aliphatic heterocycles. The zero-order valence-electron chi connectivity index (χ0n) is 9.10. The van der Waals surface area contributed by atoms with Crippen LogP contribution < -0.4 is 0 Å². The molecule has 3 nitrogen and oxygen atoms in total. The maximum Gasteiger partial charge on any atom is 0.178 e. The Kier molecular flexibility index (Phi) is 3.23. The first-order chi connectivity index (χ1) is 7.72. The molecular formula is C13H15NO2. The number of hydrogen-bond donors (Lipinski definition) is 1. The first-order valence-electron chi connectivity index (χ1n) is 5.49. The van der Waals surface area contributed by atoms with Gasteiger partial charge in [0.2, 0.25) is 0 Å². The number of nitriles is 1. The van der Waals surface area contributed by atoms with Gasteiger partial charge in [-0.05, 0) is 17.9 Å². The second-order valence-electron chi connectivity index (χ2n) is 4.35. The van der Waals surface area contributed by atoms with Gasteiger partial charge in [0.1, 0.15) is 0 Å². The smallest absolute Gasteiger partial charge is 0.178 e. The largest absolute Gasteiger partial charge is 0.365 e. The third-order valence-electron chi connectivity index (χ3n) is 2.92. The molecule has 0 unspecified atom stereocenters. The lowest BCUT2D eigenvalue weighted by atomic mass is 9.94. The molecule has 1 fully saturated rings. The lowest BCUT2D eigenvalue weighted by molar-refractivity contribution is -0.166. The summed E-state index contributed by atoms with van der Waals surface area (Å²) in [6, 6.07) is 12.1. The molecule has 1 aliphatic rings. The molecule has 3 heteroatoms. The number of hydrogen-bond acceptors (Lipinski definition) is 3. The van der Waals surface area contributed by atoms with Gasteiger partial charge in [-0.2, -0.15) is 5.26 Å². The highest BCUT2D eigenvalue weighted by molar-refractivity contribution is 5.15. The first kappa shape index (κ1) is 11.1. The normalized spacial score (nSPS) is 28.9. The molecule has 2 rings (SSSR count). The third kappa shape index (κ3) is 2.60. The highest BCUT2D eigenvalue weighted by atomic mass is 16.6. The van der Waals surface area contributed by atoms with Crippen LogP contribution in [0.25, 0.3) is 0 Å². The van der Waals surface area contributed by atoms with Gasteiger partial charge in [0.15, 0.2) is 5.79 Å². The van der Waals surface area contributed by atoms with Crippen LogP contribution in [0.3, 0.4) is 0 Å². The van der Waals surface area contributed by atoms with Crippen LogP contribution in [0, 0.1) is 17.2 Å². The number of aliphatic hydroxyl groups is 1. The highest BCUT2D eigenvalue weighted by Crippen LogP contribution is 2.32. The summed E-state index contributed by atoms with van der Waals surface area (Å²) in [4.78, 5) is 0. The molecule has 0 amide bonds. The Morgan fingerprint density at radius 3 is 2.88 bits per heavy atom. The molecule has 1 saturated heterocycles. The van der Waals surface area contributed by atoms with Crippen LogP contribution in [0.5, 0.6) is 0 Å². The number of rotatable bonds is 3. The topological polar surface area (TPSA) is 53.2 Å².